The van der Waals surface area contributed by atoms with Crippen LogP contribution in [0.5, 0.6) is 0 Å². The second-order valence-electron chi connectivity index (χ2n) is 25.6. The normalized spacial score (nSPS) is 51.8. The fourth-order valence-electron chi connectivity index (χ4n) is 16.4. The predicted molar refractivity (Wildman–Crippen MR) is 287 cm³/mol. The number of rotatable bonds is 15. The number of hydrogen-bond donors (Lipinski definition) is 0. The van der Waals surface area contributed by atoms with Gasteiger partial charge in [0.05, 0.1) is 6.61 Å². The molecule has 432 valence electrons. The van der Waals surface area contributed by atoms with Gasteiger partial charge in [0.15, 0.2) is 54.5 Å². The highest BCUT2D eigenvalue weighted by Gasteiger charge is 2.72. The van der Waals surface area contributed by atoms with Crippen LogP contribution in [0.3, 0.4) is 0 Å². The van der Waals surface area contributed by atoms with Crippen molar-refractivity contribution in [2.75, 3.05) is 35.8 Å². The van der Waals surface area contributed by atoms with E-state index in [0.29, 0.717) is 59.9 Å². The van der Waals surface area contributed by atoms with Crippen molar-refractivity contribution in [1.29, 1.82) is 0 Å². The van der Waals surface area contributed by atoms with Crippen LogP contribution in [-0.2, 0) is 72.0 Å². The van der Waals surface area contributed by atoms with Crippen molar-refractivity contribution in [2.45, 2.75) is 250 Å². The van der Waals surface area contributed by atoms with Crippen LogP contribution in [0.1, 0.15) is 178 Å². The first-order valence-corrected chi connectivity index (χ1v) is 33.0. The molecule has 18 heteroatoms. The molecule has 12 saturated heterocycles. The second-order valence-corrected chi connectivity index (χ2v) is 28.0. The Hall–Kier alpha value is 0.840. The van der Waals surface area contributed by atoms with Crippen molar-refractivity contribution in [3.8, 4) is 0 Å². The fourth-order valence-corrected chi connectivity index (χ4v) is 17.4. The topological polar surface area (TPSA) is 138 Å². The molecule has 0 radical (unpaired) electrons. The van der Waals surface area contributed by atoms with E-state index in [1.54, 1.807) is 0 Å². The maximum atomic E-state index is 6.41. The molecule has 3 aliphatic carbocycles. The highest BCUT2D eigenvalue weighted by atomic mass is 79.9. The molecule has 12 aliphatic heterocycles. The third kappa shape index (κ3) is 11.0. The third-order valence-electron chi connectivity index (χ3n) is 20.7. The van der Waals surface area contributed by atoms with E-state index in [0.717, 1.165) is 113 Å². The van der Waals surface area contributed by atoms with E-state index in [-0.39, 0.29) is 36.6 Å². The summed E-state index contributed by atoms with van der Waals surface area (Å²) in [7, 11) is 0. The molecule has 24 atom stereocenters. The minimum absolute atomic E-state index is 0.222. The van der Waals surface area contributed by atoms with E-state index in [1.165, 1.54) is 32.1 Å². The molecular formula is C57H93Br3O15. The Morgan fingerprint density at radius 3 is 1.00 bits per heavy atom. The summed E-state index contributed by atoms with van der Waals surface area (Å²) >= 11 is 10.4. The summed E-state index contributed by atoms with van der Waals surface area (Å²) in [6, 6.07) is 0. The van der Waals surface area contributed by atoms with Gasteiger partial charge >= 0.3 is 0 Å². The molecule has 15 aliphatic rings. The molecule has 15 fully saturated rings. The van der Waals surface area contributed by atoms with E-state index in [2.05, 4.69) is 89.3 Å². The van der Waals surface area contributed by atoms with Gasteiger partial charge in [-0.05, 0) is 146 Å². The molecule has 3 saturated carbocycles. The third-order valence-corrected chi connectivity index (χ3v) is 22.4. The summed E-state index contributed by atoms with van der Waals surface area (Å²) < 4.78 is 56.4. The smallest absolute Gasteiger partial charge is 0.201 e. The van der Waals surface area contributed by atoms with Crippen LogP contribution in [0.25, 0.3) is 0 Å². The fraction of sp³-hybridized carbons (Fsp3) is 1.00. The van der Waals surface area contributed by atoms with Crippen LogP contribution in [0, 0.1) is 71.0 Å². The van der Waals surface area contributed by atoms with Crippen LogP contribution < -0.4 is 0 Å². The molecule has 75 heavy (non-hydrogen) atoms. The van der Waals surface area contributed by atoms with Gasteiger partial charge in [-0.15, -0.1) is 0 Å². The van der Waals surface area contributed by atoms with Gasteiger partial charge in [0.1, 0.15) is 0 Å². The molecule has 12 heterocycles. The van der Waals surface area contributed by atoms with Crippen molar-refractivity contribution in [3.63, 3.8) is 0 Å². The maximum absolute atomic E-state index is 6.41. The van der Waals surface area contributed by atoms with E-state index in [4.69, 9.17) is 72.0 Å². The molecule has 0 aromatic rings. The van der Waals surface area contributed by atoms with Crippen molar-refractivity contribution < 1.29 is 72.0 Å². The van der Waals surface area contributed by atoms with Crippen LogP contribution in [-0.4, -0.2) is 108 Å². The number of fused-ring (bicyclic) bond motifs is 6. The molecule has 1 unspecified atom stereocenters. The number of ether oxygens (including phenoxy) is 9. The number of hydrogen-bond acceptors (Lipinski definition) is 15. The average molecular weight is 1260 g/mol. The molecule has 0 amide bonds. The van der Waals surface area contributed by atoms with Gasteiger partial charge in [-0.25, -0.2) is 29.3 Å². The molecule has 3 spiro atoms. The van der Waals surface area contributed by atoms with Crippen LogP contribution in [0.2, 0.25) is 0 Å². The first-order chi connectivity index (χ1) is 36.0. The lowest BCUT2D eigenvalue weighted by Crippen LogP contribution is -2.70. The van der Waals surface area contributed by atoms with Gasteiger partial charge in [-0.3, -0.25) is 0 Å². The van der Waals surface area contributed by atoms with Crippen molar-refractivity contribution in [3.05, 3.63) is 0 Å². The maximum Gasteiger partial charge on any atom is 0.201 e. The molecule has 6 bridgehead atoms. The van der Waals surface area contributed by atoms with E-state index >= 15 is 0 Å². The summed E-state index contributed by atoms with van der Waals surface area (Å²) in [6.07, 6.45) is 17.4. The van der Waals surface area contributed by atoms with E-state index in [9.17, 15) is 0 Å². The Morgan fingerprint density at radius 1 is 0.360 bits per heavy atom. The Morgan fingerprint density at radius 2 is 0.667 bits per heavy atom. The van der Waals surface area contributed by atoms with Gasteiger partial charge in [0.2, 0.25) is 17.4 Å². The predicted octanol–water partition coefficient (Wildman–Crippen LogP) is 13.2. The molecular weight excluding hydrogens is 1160 g/mol. The van der Waals surface area contributed by atoms with Gasteiger partial charge in [-0.1, -0.05) is 95.8 Å². The van der Waals surface area contributed by atoms with E-state index in [1.807, 2.05) is 20.8 Å². The zero-order valence-electron chi connectivity index (χ0n) is 46.6. The molecule has 15 rings (SSSR count). The molecule has 0 aromatic heterocycles. The van der Waals surface area contributed by atoms with E-state index < -0.39 is 53.0 Å². The van der Waals surface area contributed by atoms with Gasteiger partial charge in [0, 0.05) is 84.0 Å². The standard InChI is InChI=1S/C20H33BrO5.C19H31BrO5.C18H29BrO5/c1-13-7-8-16-14(2)17(22-12-6-4-5-11-21)23-18-20(16)15(13)9-10-19(3,24-18)25-26-20;1-12-6-7-15-13(2)16(21-11-5-4-10-20)22-17-19(15)14(12)8-9-18(3,23-17)24-25-19;1-11-5-6-14-12(2)15(20-10-4-9-19)21-16-18(14)13(11)7-8-17(3,22-16)23-24-18/h13-18H,4-12H2,1-3H3;12-17H,4-11H2,1-3H3;11-16H,4-10H2,1-3H3/t13-,14-,15+,16+,17+,18-,19-,20-;12-,13-,14?,15+,16+,17-,18-,19-;11-,12-,13+,14+,15+,16-,17-,18-/m111/s1. The highest BCUT2D eigenvalue weighted by molar-refractivity contribution is 9.09. The van der Waals surface area contributed by atoms with Crippen LogP contribution >= 0.6 is 47.8 Å². The molecule has 15 nitrogen and oxygen atoms in total. The zero-order valence-corrected chi connectivity index (χ0v) is 51.4. The number of halogens is 3. The lowest BCUT2D eigenvalue weighted by Gasteiger charge is -2.60. The largest absolute Gasteiger partial charge is 0.352 e. The van der Waals surface area contributed by atoms with Crippen molar-refractivity contribution in [1.82, 2.24) is 0 Å². The van der Waals surface area contributed by atoms with Crippen molar-refractivity contribution >= 4 is 47.8 Å². The number of alkyl halides is 3. The summed E-state index contributed by atoms with van der Waals surface area (Å²) in [5, 5.41) is 3.01. The van der Waals surface area contributed by atoms with Crippen LogP contribution in [0.15, 0.2) is 0 Å². The monoisotopic (exact) mass is 1250 g/mol. The number of unbranched alkanes of at least 4 members (excludes halogenated alkanes) is 3. The highest BCUT2D eigenvalue weighted by Crippen LogP contribution is 2.64. The Balaban J connectivity index is 0.000000128. The summed E-state index contributed by atoms with van der Waals surface area (Å²) in [5.41, 5.74) is -1.45. The second kappa shape index (κ2) is 24.2. The first-order valence-electron chi connectivity index (χ1n) is 29.6. The summed E-state index contributed by atoms with van der Waals surface area (Å²) in [4.78, 5) is 35.9. The van der Waals surface area contributed by atoms with Crippen LogP contribution in [0.4, 0.5) is 0 Å². The van der Waals surface area contributed by atoms with Gasteiger partial charge in [0.25, 0.3) is 0 Å². The lowest BCUT2D eigenvalue weighted by atomic mass is 9.58. The lowest BCUT2D eigenvalue weighted by molar-refractivity contribution is -0.577. The Kier molecular flexibility index (Phi) is 19.0. The summed E-state index contributed by atoms with van der Waals surface area (Å²) in [5.74, 6) is 2.74. The van der Waals surface area contributed by atoms with Gasteiger partial charge in [-0.2, -0.15) is 0 Å². The minimum Gasteiger partial charge on any atom is -0.352 e. The quantitative estimate of drug-likeness (QED) is 0.0872. The van der Waals surface area contributed by atoms with Crippen molar-refractivity contribution in [2.24, 2.45) is 71.0 Å². The SMILES string of the molecule is C[C@H]1[C@@H](OCCCBr)O[C@@H]2O[C@@]3(C)CC[C@H]4[C@H](C)CC[C@@H]1[C@@]24OO3.C[C@H]1[C@@H](OCCCCBr)O[C@@H]2O[C@@]3(C)CCC4[C@H](C)CC[C@@H]1[C@]42OO3.C[C@H]1[C@@H](OCCCCCBr)O[C@@H]2O[C@@]3(C)CC[C@H]4[C@H](C)CC[C@@H]1[C@@]24OO3. The first kappa shape index (κ1) is 59.0. The Labute approximate surface area is 473 Å². The minimum atomic E-state index is -0.710. The average Bonchev–Trinajstić information content (AvgIpc) is 3.89. The summed E-state index contributed by atoms with van der Waals surface area (Å²) in [6.45, 7) is 21.8. The molecule has 0 N–H and O–H groups in total. The Bertz CT molecular complexity index is 1880. The molecule has 0 aromatic carbocycles. The van der Waals surface area contributed by atoms with Gasteiger partial charge < -0.3 is 42.6 Å². The zero-order chi connectivity index (χ0) is 53.0.